The molecule has 1 atom stereocenters. The minimum atomic E-state index is -3.51. The van der Waals surface area contributed by atoms with Crippen LogP contribution in [0.4, 0.5) is 0 Å². The van der Waals surface area contributed by atoms with Crippen LogP contribution < -0.4 is 4.74 Å². The zero-order valence-electron chi connectivity index (χ0n) is 12.7. The molecule has 0 aliphatic carbocycles. The topological polar surface area (TPSA) is 110 Å². The zero-order valence-corrected chi connectivity index (χ0v) is 13.5. The van der Waals surface area contributed by atoms with Crippen molar-refractivity contribution in [3.63, 3.8) is 0 Å². The van der Waals surface area contributed by atoms with E-state index in [4.69, 9.17) is 9.47 Å². The first kappa shape index (κ1) is 17.2. The molecule has 1 aliphatic rings. The van der Waals surface area contributed by atoms with E-state index < -0.39 is 27.8 Å². The van der Waals surface area contributed by atoms with Crippen LogP contribution in [0.15, 0.2) is 23.1 Å². The van der Waals surface area contributed by atoms with Gasteiger partial charge in [0.05, 0.1) is 30.8 Å². The van der Waals surface area contributed by atoms with Gasteiger partial charge < -0.3 is 19.5 Å². The predicted molar refractivity (Wildman–Crippen MR) is 79.4 cm³/mol. The summed E-state index contributed by atoms with van der Waals surface area (Å²) in [5, 5.41) is 9.21. The van der Waals surface area contributed by atoms with Gasteiger partial charge in [-0.25, -0.2) is 13.2 Å². The molecule has 9 heteroatoms. The molecule has 1 aromatic carbocycles. The van der Waals surface area contributed by atoms with Crippen molar-refractivity contribution in [1.29, 1.82) is 0 Å². The molecular weight excluding hydrogens is 326 g/mol. The van der Waals surface area contributed by atoms with Crippen LogP contribution in [-0.2, 0) is 19.4 Å². The highest BCUT2D eigenvalue weighted by atomic mass is 32.2. The second-order valence-electron chi connectivity index (χ2n) is 5.06. The van der Waals surface area contributed by atoms with Crippen molar-refractivity contribution >= 4 is 21.7 Å². The van der Waals surface area contributed by atoms with Gasteiger partial charge in [0.2, 0.25) is 0 Å². The Labute approximate surface area is 133 Å². The van der Waals surface area contributed by atoms with Crippen molar-refractivity contribution in [3.05, 3.63) is 23.8 Å². The number of amides is 1. The molecule has 23 heavy (non-hydrogen) atoms. The molecule has 1 heterocycles. The summed E-state index contributed by atoms with van der Waals surface area (Å²) in [6.45, 7) is 0.195. The number of aliphatic carboxylic acids is 1. The summed E-state index contributed by atoms with van der Waals surface area (Å²) in [5.74, 6) is -1.61. The van der Waals surface area contributed by atoms with E-state index in [1.54, 1.807) is 0 Å². The maximum atomic E-state index is 12.7. The van der Waals surface area contributed by atoms with Crippen molar-refractivity contribution < 1.29 is 32.6 Å². The van der Waals surface area contributed by atoms with Gasteiger partial charge in [0.15, 0.2) is 15.9 Å². The number of ether oxygens (including phenoxy) is 2. The average molecular weight is 343 g/mol. The molecule has 1 fully saturated rings. The van der Waals surface area contributed by atoms with Gasteiger partial charge in [-0.05, 0) is 18.2 Å². The number of benzene rings is 1. The number of methoxy groups -OCH3 is 1. The number of sulfone groups is 1. The summed E-state index contributed by atoms with van der Waals surface area (Å²) < 4.78 is 33.5. The summed E-state index contributed by atoms with van der Waals surface area (Å²) >= 11 is 0. The third-order valence-corrected chi connectivity index (χ3v) is 4.61. The van der Waals surface area contributed by atoms with E-state index in [1.165, 1.54) is 25.3 Å². The second kappa shape index (κ2) is 6.55. The standard InChI is InChI=1S/C14H17NO7S/c1-21-12-4-3-9(23(2,19)20)7-10(12)13(16)15-5-6-22-8-11(15)14(17)18/h3-4,7,11H,5-6,8H2,1-2H3,(H,17,18). The minimum absolute atomic E-state index is 0.00331. The second-order valence-corrected chi connectivity index (χ2v) is 7.08. The number of carbonyl (C=O) groups excluding carboxylic acids is 1. The van der Waals surface area contributed by atoms with Crippen molar-refractivity contribution in [2.75, 3.05) is 33.1 Å². The van der Waals surface area contributed by atoms with Crippen molar-refractivity contribution in [2.45, 2.75) is 10.9 Å². The Hall–Kier alpha value is -2.13. The number of carboxylic acids is 1. The first-order valence-electron chi connectivity index (χ1n) is 6.75. The summed E-state index contributed by atoms with van der Waals surface area (Å²) in [7, 11) is -2.16. The van der Waals surface area contributed by atoms with Gasteiger partial charge in [-0.3, -0.25) is 4.79 Å². The van der Waals surface area contributed by atoms with Crippen LogP contribution in [0.5, 0.6) is 5.75 Å². The van der Waals surface area contributed by atoms with E-state index in [0.717, 1.165) is 11.2 Å². The van der Waals surface area contributed by atoms with E-state index in [1.807, 2.05) is 0 Å². The molecule has 1 unspecified atom stereocenters. The van der Waals surface area contributed by atoms with Gasteiger partial charge >= 0.3 is 5.97 Å². The largest absolute Gasteiger partial charge is 0.496 e. The van der Waals surface area contributed by atoms with Gasteiger partial charge in [-0.15, -0.1) is 0 Å². The fourth-order valence-electron chi connectivity index (χ4n) is 2.29. The Morgan fingerprint density at radius 3 is 2.65 bits per heavy atom. The molecule has 0 bridgehead atoms. The predicted octanol–water partition coefficient (Wildman–Crippen LogP) is 0.0243. The third-order valence-electron chi connectivity index (χ3n) is 3.50. The average Bonchev–Trinajstić information content (AvgIpc) is 2.52. The Balaban J connectivity index is 2.46. The molecule has 8 nitrogen and oxygen atoms in total. The molecule has 1 saturated heterocycles. The Morgan fingerprint density at radius 1 is 1.39 bits per heavy atom. The van der Waals surface area contributed by atoms with Crippen LogP contribution in [0.1, 0.15) is 10.4 Å². The van der Waals surface area contributed by atoms with Crippen molar-refractivity contribution in [3.8, 4) is 5.75 Å². The number of morpholine rings is 1. The molecule has 2 rings (SSSR count). The fourth-order valence-corrected chi connectivity index (χ4v) is 2.94. The van der Waals surface area contributed by atoms with Gasteiger partial charge in [0.1, 0.15) is 5.75 Å². The van der Waals surface area contributed by atoms with E-state index in [9.17, 15) is 23.1 Å². The molecule has 1 aromatic rings. The lowest BCUT2D eigenvalue weighted by molar-refractivity contribution is -0.147. The summed E-state index contributed by atoms with van der Waals surface area (Å²) in [6, 6.07) is 2.78. The van der Waals surface area contributed by atoms with E-state index in [2.05, 4.69) is 0 Å². The van der Waals surface area contributed by atoms with E-state index in [-0.39, 0.29) is 36.0 Å². The Kier molecular flexibility index (Phi) is 4.90. The number of rotatable bonds is 4. The van der Waals surface area contributed by atoms with E-state index >= 15 is 0 Å². The highest BCUT2D eigenvalue weighted by Gasteiger charge is 2.34. The van der Waals surface area contributed by atoms with Crippen molar-refractivity contribution in [1.82, 2.24) is 4.90 Å². The number of carbonyl (C=O) groups is 2. The quantitative estimate of drug-likeness (QED) is 0.821. The number of carboxylic acid groups (broad SMARTS) is 1. The van der Waals surface area contributed by atoms with Crippen LogP contribution in [-0.4, -0.2) is 69.5 Å². The van der Waals surface area contributed by atoms with Crippen molar-refractivity contribution in [2.24, 2.45) is 0 Å². The zero-order chi connectivity index (χ0) is 17.2. The summed E-state index contributed by atoms with van der Waals surface area (Å²) in [5.41, 5.74) is 0.00331. The fraction of sp³-hybridized carbons (Fsp3) is 0.429. The number of hydrogen-bond donors (Lipinski definition) is 1. The van der Waals surface area contributed by atoms with Crippen LogP contribution in [0.3, 0.4) is 0 Å². The van der Waals surface area contributed by atoms with Gasteiger partial charge in [0.25, 0.3) is 5.91 Å². The normalized spacial score (nSPS) is 18.5. The van der Waals surface area contributed by atoms with Crippen LogP contribution in [0, 0.1) is 0 Å². The van der Waals surface area contributed by atoms with Gasteiger partial charge in [-0.1, -0.05) is 0 Å². The lowest BCUT2D eigenvalue weighted by Crippen LogP contribution is -2.52. The maximum Gasteiger partial charge on any atom is 0.328 e. The number of hydrogen-bond acceptors (Lipinski definition) is 6. The molecule has 0 spiro atoms. The summed E-state index contributed by atoms with van der Waals surface area (Å²) in [4.78, 5) is 25.1. The molecule has 0 saturated carbocycles. The number of nitrogens with zero attached hydrogens (tertiary/aromatic N) is 1. The lowest BCUT2D eigenvalue weighted by atomic mass is 10.1. The summed E-state index contributed by atoms with van der Waals surface area (Å²) in [6.07, 6.45) is 1.03. The van der Waals surface area contributed by atoms with Crippen LogP contribution in [0.25, 0.3) is 0 Å². The van der Waals surface area contributed by atoms with Gasteiger partial charge in [-0.2, -0.15) is 0 Å². The highest BCUT2D eigenvalue weighted by molar-refractivity contribution is 7.90. The molecule has 1 N–H and O–H groups in total. The highest BCUT2D eigenvalue weighted by Crippen LogP contribution is 2.25. The lowest BCUT2D eigenvalue weighted by Gasteiger charge is -2.33. The Bertz CT molecular complexity index is 729. The molecule has 0 aromatic heterocycles. The molecule has 1 aliphatic heterocycles. The molecular formula is C14H17NO7S. The minimum Gasteiger partial charge on any atom is -0.496 e. The maximum absolute atomic E-state index is 12.7. The smallest absolute Gasteiger partial charge is 0.328 e. The van der Waals surface area contributed by atoms with E-state index in [0.29, 0.717) is 0 Å². The third kappa shape index (κ3) is 3.62. The molecule has 1 amide bonds. The first-order chi connectivity index (χ1) is 10.8. The monoisotopic (exact) mass is 343 g/mol. The molecule has 0 radical (unpaired) electrons. The first-order valence-corrected chi connectivity index (χ1v) is 8.64. The Morgan fingerprint density at radius 2 is 2.09 bits per heavy atom. The molecule has 126 valence electrons. The van der Waals surface area contributed by atoms with Gasteiger partial charge in [0, 0.05) is 12.8 Å². The SMILES string of the molecule is COc1ccc(S(C)(=O)=O)cc1C(=O)N1CCOCC1C(=O)O. The van der Waals surface area contributed by atoms with Crippen LogP contribution >= 0.6 is 0 Å². The van der Waals surface area contributed by atoms with Crippen LogP contribution in [0.2, 0.25) is 0 Å².